The topological polar surface area (TPSA) is 6.48 Å². The summed E-state index contributed by atoms with van der Waals surface area (Å²) in [4.78, 5) is 4.89. The lowest BCUT2D eigenvalue weighted by Crippen LogP contribution is -2.45. The summed E-state index contributed by atoms with van der Waals surface area (Å²) in [5.74, 6) is 0.242. The summed E-state index contributed by atoms with van der Waals surface area (Å²) in [5, 5.41) is 7.59. The fourth-order valence-electron chi connectivity index (χ4n) is 10.2. The molecule has 2 unspecified atom stereocenters. The molecule has 0 aromatic heterocycles. The lowest BCUT2D eigenvalue weighted by molar-refractivity contribution is 0.701. The highest BCUT2D eigenvalue weighted by Crippen LogP contribution is 2.43. The van der Waals surface area contributed by atoms with E-state index in [9.17, 15) is 0 Å². The molecule has 0 heterocycles. The zero-order valence-corrected chi connectivity index (χ0v) is 36.5. The van der Waals surface area contributed by atoms with Gasteiger partial charge in [-0.25, -0.2) is 0 Å². The summed E-state index contributed by atoms with van der Waals surface area (Å²) in [6.07, 6.45) is 11.5. The Morgan fingerprint density at radius 2 is 0.803 bits per heavy atom. The molecule has 0 fully saturated rings. The molecule has 2 nitrogen and oxygen atoms in total. The minimum Gasteiger partial charge on any atom is -0.334 e. The zero-order chi connectivity index (χ0) is 43.8. The average Bonchev–Trinajstić information content (AvgIpc) is 3.40. The Bertz CT molecular complexity index is 3550. The molecule has 0 N–H and O–H groups in total. The van der Waals surface area contributed by atoms with Crippen molar-refractivity contribution in [3.63, 3.8) is 0 Å². The molecule has 312 valence electrons. The van der Waals surface area contributed by atoms with E-state index in [0.717, 1.165) is 17.1 Å². The maximum Gasteiger partial charge on any atom is 0.0634 e. The van der Waals surface area contributed by atoms with E-state index >= 15 is 0 Å². The van der Waals surface area contributed by atoms with Gasteiger partial charge in [-0.05, 0) is 120 Å². The van der Waals surface area contributed by atoms with Crippen molar-refractivity contribution in [1.82, 2.24) is 0 Å². The number of hydrogen-bond acceptors (Lipinski definition) is 2. The lowest BCUT2D eigenvalue weighted by Gasteiger charge is -2.39. The smallest absolute Gasteiger partial charge is 0.0634 e. The van der Waals surface area contributed by atoms with Crippen molar-refractivity contribution >= 4 is 61.6 Å². The first-order valence-corrected chi connectivity index (χ1v) is 22.9. The first-order valence-electron chi connectivity index (χ1n) is 22.9. The van der Waals surface area contributed by atoms with Crippen LogP contribution >= 0.6 is 0 Å². The van der Waals surface area contributed by atoms with Crippen molar-refractivity contribution in [3.05, 3.63) is 271 Å². The largest absolute Gasteiger partial charge is 0.334 e. The second-order valence-electron chi connectivity index (χ2n) is 17.3. The van der Waals surface area contributed by atoms with Crippen LogP contribution in [0.1, 0.15) is 0 Å². The SMILES string of the molecule is C1=CC2=c3ccccc3=CC(N(c3ccccc3)c3ccc(-c4ccc(-c5ccc(-c6ccc(N(c7ccccc7)c7cc8ccccc8c8ccccc78)cc6)cc5)cc4)cc3)C2C=C1. The van der Waals surface area contributed by atoms with Crippen LogP contribution in [0.3, 0.4) is 0 Å². The molecule has 0 bridgehead atoms. The molecule has 2 aliphatic carbocycles. The highest BCUT2D eigenvalue weighted by molar-refractivity contribution is 6.14. The molecule has 0 saturated carbocycles. The number of nitrogens with zero attached hydrogens (tertiary/aromatic N) is 2. The molecular formula is C64H46N2. The Morgan fingerprint density at radius 3 is 1.42 bits per heavy atom. The number of para-hydroxylation sites is 2. The van der Waals surface area contributed by atoms with Crippen molar-refractivity contribution in [2.24, 2.45) is 5.92 Å². The van der Waals surface area contributed by atoms with Crippen LogP contribution in [-0.2, 0) is 0 Å². The number of rotatable bonds is 9. The minimum atomic E-state index is 0.126. The lowest BCUT2D eigenvalue weighted by atomic mass is 9.81. The maximum absolute atomic E-state index is 2.50. The molecule has 12 rings (SSSR count). The van der Waals surface area contributed by atoms with E-state index in [1.165, 1.54) is 82.3 Å². The average molecular weight is 843 g/mol. The third-order valence-corrected chi connectivity index (χ3v) is 13.4. The molecule has 0 spiro atoms. The van der Waals surface area contributed by atoms with E-state index in [2.05, 4.69) is 277 Å². The van der Waals surface area contributed by atoms with E-state index in [-0.39, 0.29) is 12.0 Å². The summed E-state index contributed by atoms with van der Waals surface area (Å²) in [7, 11) is 0. The summed E-state index contributed by atoms with van der Waals surface area (Å²) in [5.41, 5.74) is 14.3. The number of benzene rings is 10. The highest BCUT2D eigenvalue weighted by Gasteiger charge is 2.31. The Kier molecular flexibility index (Phi) is 10.0. The Labute approximate surface area is 386 Å². The Hall–Kier alpha value is -8.46. The van der Waals surface area contributed by atoms with Gasteiger partial charge in [-0.3, -0.25) is 0 Å². The Morgan fingerprint density at radius 1 is 0.348 bits per heavy atom. The molecule has 0 saturated heterocycles. The van der Waals surface area contributed by atoms with Crippen molar-refractivity contribution in [1.29, 1.82) is 0 Å². The summed E-state index contributed by atoms with van der Waals surface area (Å²) in [6, 6.07) is 86.2. The molecule has 10 aromatic carbocycles. The van der Waals surface area contributed by atoms with Crippen molar-refractivity contribution in [2.75, 3.05) is 9.80 Å². The molecule has 0 radical (unpaired) electrons. The molecule has 2 aliphatic rings. The van der Waals surface area contributed by atoms with Crippen LogP contribution in [0.15, 0.2) is 261 Å². The van der Waals surface area contributed by atoms with Gasteiger partial charge in [-0.2, -0.15) is 0 Å². The van der Waals surface area contributed by atoms with Crippen LogP contribution in [0, 0.1) is 5.92 Å². The van der Waals surface area contributed by atoms with Crippen LogP contribution in [0.25, 0.3) is 66.6 Å². The third-order valence-electron chi connectivity index (χ3n) is 13.4. The quantitative estimate of drug-likeness (QED) is 0.134. The third kappa shape index (κ3) is 7.19. The Balaban J connectivity index is 0.796. The summed E-state index contributed by atoms with van der Waals surface area (Å²) < 4.78 is 0. The van der Waals surface area contributed by atoms with Gasteiger partial charge in [-0.15, -0.1) is 0 Å². The van der Waals surface area contributed by atoms with Gasteiger partial charge >= 0.3 is 0 Å². The van der Waals surface area contributed by atoms with E-state index in [1.54, 1.807) is 0 Å². The standard InChI is InChI=1S/C64H46N2/c1-3-17-53(18-4-1)65(63-43-51-15-7-9-21-57(51)59-23-11-13-25-61(59)63)55-39-35-49(36-40-55)47-31-27-45(28-32-47)46-29-33-48(34-30-46)50-37-41-56(42-38-50)66(54-19-5-2-6-20-54)64-44-52-16-8-10-22-58(52)60-24-12-14-26-62(60)64/h1-44,61,63H. The summed E-state index contributed by atoms with van der Waals surface area (Å²) >= 11 is 0. The number of hydrogen-bond donors (Lipinski definition) is 0. The molecule has 0 aliphatic heterocycles. The van der Waals surface area contributed by atoms with Gasteiger partial charge in [0.2, 0.25) is 0 Å². The number of anilines is 5. The predicted molar refractivity (Wildman–Crippen MR) is 280 cm³/mol. The maximum atomic E-state index is 2.50. The highest BCUT2D eigenvalue weighted by atomic mass is 15.2. The number of fused-ring (bicyclic) bond motifs is 5. The zero-order valence-electron chi connectivity index (χ0n) is 36.5. The van der Waals surface area contributed by atoms with Crippen LogP contribution in [0.4, 0.5) is 28.4 Å². The second-order valence-corrected chi connectivity index (χ2v) is 17.3. The van der Waals surface area contributed by atoms with Crippen molar-refractivity contribution in [2.45, 2.75) is 6.04 Å². The van der Waals surface area contributed by atoms with Crippen LogP contribution in [0.5, 0.6) is 0 Å². The molecule has 0 amide bonds. The molecule has 66 heavy (non-hydrogen) atoms. The predicted octanol–water partition coefficient (Wildman–Crippen LogP) is 15.4. The van der Waals surface area contributed by atoms with Crippen molar-refractivity contribution < 1.29 is 0 Å². The van der Waals surface area contributed by atoms with Crippen molar-refractivity contribution in [3.8, 4) is 33.4 Å². The second kappa shape index (κ2) is 16.9. The monoisotopic (exact) mass is 842 g/mol. The first kappa shape index (κ1) is 39.2. The number of allylic oxidation sites excluding steroid dienone is 3. The minimum absolute atomic E-state index is 0.126. The van der Waals surface area contributed by atoms with Gasteiger partial charge in [0.1, 0.15) is 0 Å². The van der Waals surface area contributed by atoms with E-state index in [1.807, 2.05) is 0 Å². The summed E-state index contributed by atoms with van der Waals surface area (Å²) in [6.45, 7) is 0. The molecule has 2 atom stereocenters. The van der Waals surface area contributed by atoms with E-state index in [4.69, 9.17) is 0 Å². The van der Waals surface area contributed by atoms with Gasteiger partial charge in [-0.1, -0.05) is 212 Å². The fourth-order valence-corrected chi connectivity index (χ4v) is 10.2. The van der Waals surface area contributed by atoms with Crippen LogP contribution in [-0.4, -0.2) is 6.04 Å². The molecular weight excluding hydrogens is 797 g/mol. The van der Waals surface area contributed by atoms with Crippen LogP contribution in [0.2, 0.25) is 0 Å². The van der Waals surface area contributed by atoms with Gasteiger partial charge < -0.3 is 9.80 Å². The van der Waals surface area contributed by atoms with Crippen LogP contribution < -0.4 is 20.2 Å². The van der Waals surface area contributed by atoms with Gasteiger partial charge in [0.25, 0.3) is 0 Å². The van der Waals surface area contributed by atoms with Gasteiger partial charge in [0.15, 0.2) is 0 Å². The molecule has 10 aromatic rings. The van der Waals surface area contributed by atoms with Gasteiger partial charge in [0, 0.05) is 34.1 Å². The normalized spacial score (nSPS) is 14.9. The molecule has 2 heteroatoms. The van der Waals surface area contributed by atoms with E-state index < -0.39 is 0 Å². The van der Waals surface area contributed by atoms with E-state index in [0.29, 0.717) is 0 Å². The first-order chi connectivity index (χ1) is 32.7. The van der Waals surface area contributed by atoms with Gasteiger partial charge in [0.05, 0.1) is 11.7 Å². The fraction of sp³-hybridized carbons (Fsp3) is 0.0312.